The Kier molecular flexibility index (Phi) is 19.4. The van der Waals surface area contributed by atoms with Crippen LogP contribution >= 0.6 is 0 Å². The number of likely N-dealkylation sites (N-methyl/N-ethyl adjacent to an activating group) is 1. The van der Waals surface area contributed by atoms with E-state index in [1.54, 1.807) is 11.9 Å². The average Bonchev–Trinajstić information content (AvgIpc) is 2.96. The van der Waals surface area contributed by atoms with E-state index in [0.29, 0.717) is 19.5 Å². The zero-order valence-corrected chi connectivity index (χ0v) is 24.2. The molecule has 1 rings (SSSR count). The second kappa shape index (κ2) is 22.6. The third kappa shape index (κ3) is 16.9. The molecule has 0 aromatic heterocycles. The molecule has 0 saturated carbocycles. The van der Waals surface area contributed by atoms with Crippen LogP contribution in [0.2, 0.25) is 0 Å². The van der Waals surface area contributed by atoms with Crippen LogP contribution in [0.15, 0.2) is 85.1 Å². The Hall–Kier alpha value is -3.41. The Morgan fingerprint density at radius 1 is 0.744 bits per heavy atom. The quantitative estimate of drug-likeness (QED) is 0.119. The van der Waals surface area contributed by atoms with Crippen LogP contribution in [0.5, 0.6) is 0 Å². The van der Waals surface area contributed by atoms with Crippen molar-refractivity contribution in [3.63, 3.8) is 0 Å². The van der Waals surface area contributed by atoms with Crippen LogP contribution in [0.25, 0.3) is 0 Å². The minimum atomic E-state index is -0.552. The number of ether oxygens (including phenoxy) is 1. The van der Waals surface area contributed by atoms with Crippen molar-refractivity contribution in [2.75, 3.05) is 27.2 Å². The number of piperidine rings is 1. The molecule has 0 aromatic rings. The van der Waals surface area contributed by atoms with Gasteiger partial charge in [0.15, 0.2) is 0 Å². The highest BCUT2D eigenvalue weighted by atomic mass is 16.5. The Morgan fingerprint density at radius 3 is 1.67 bits per heavy atom. The van der Waals surface area contributed by atoms with E-state index in [2.05, 4.69) is 84.6 Å². The Bertz CT molecular complexity index is 916. The number of allylic oxidation sites excluding steroid dienone is 12. The maximum Gasteiger partial charge on any atom is 0.330 e. The summed E-state index contributed by atoms with van der Waals surface area (Å²) in [5.74, 6) is -0.626. The van der Waals surface area contributed by atoms with E-state index in [1.165, 1.54) is 13.2 Å². The molecule has 0 atom stereocenters. The first kappa shape index (κ1) is 33.6. The zero-order valence-electron chi connectivity index (χ0n) is 24.2. The molecule has 0 unspecified atom stereocenters. The van der Waals surface area contributed by atoms with Gasteiger partial charge in [0.05, 0.1) is 7.11 Å². The van der Waals surface area contributed by atoms with Gasteiger partial charge >= 0.3 is 5.97 Å². The summed E-state index contributed by atoms with van der Waals surface area (Å²) in [6, 6.07) is 0.0622. The number of methoxy groups -OCH3 is 1. The lowest BCUT2D eigenvalue weighted by atomic mass is 10.0. The summed E-state index contributed by atoms with van der Waals surface area (Å²) < 4.78 is 4.51. The Balaban J connectivity index is 2.12. The van der Waals surface area contributed by atoms with E-state index >= 15 is 0 Å². The van der Waals surface area contributed by atoms with Crippen LogP contribution in [-0.4, -0.2) is 60.9 Å². The Labute approximate surface area is 236 Å². The van der Waals surface area contributed by atoms with Crippen molar-refractivity contribution >= 4 is 17.8 Å². The standard InChI is InChI=1S/C33H48N2O4/c1-4-5-6-7-8-9-10-11-12-13-14-15-16-17-18-19-20-21-22-23-32(37)35-28-26-30(27-29-35)34(2)31(36)24-25-33(38)39-3/h5-6,8-9,11-12,14-15,17-18,20-21,24-25,30H,4,7,10,13,16,19,22-23,26-29H2,1-3H3/b6-5-,9-8-,12-11-,15-14-,18-17-,21-20-,25-24+. The molecule has 0 N–H and O–H groups in total. The van der Waals surface area contributed by atoms with Gasteiger partial charge in [0.2, 0.25) is 11.8 Å². The molecule has 1 fully saturated rings. The lowest BCUT2D eigenvalue weighted by Crippen LogP contribution is -2.46. The number of amides is 2. The van der Waals surface area contributed by atoms with Gasteiger partial charge in [-0.05, 0) is 57.8 Å². The molecule has 0 radical (unpaired) electrons. The second-order valence-electron chi connectivity index (χ2n) is 9.37. The summed E-state index contributed by atoms with van der Waals surface area (Å²) in [6.45, 7) is 3.44. The maximum absolute atomic E-state index is 12.5. The molecule has 1 saturated heterocycles. The highest BCUT2D eigenvalue weighted by Gasteiger charge is 2.26. The van der Waals surface area contributed by atoms with E-state index < -0.39 is 5.97 Å². The molecular formula is C33H48N2O4. The van der Waals surface area contributed by atoms with Gasteiger partial charge in [-0.25, -0.2) is 4.79 Å². The fourth-order valence-electron chi connectivity index (χ4n) is 4.01. The van der Waals surface area contributed by atoms with Crippen molar-refractivity contribution in [2.45, 2.75) is 77.2 Å². The summed E-state index contributed by atoms with van der Waals surface area (Å²) in [4.78, 5) is 39.4. The van der Waals surface area contributed by atoms with Gasteiger partial charge in [-0.2, -0.15) is 0 Å². The van der Waals surface area contributed by atoms with Gasteiger partial charge in [-0.3, -0.25) is 9.59 Å². The van der Waals surface area contributed by atoms with Gasteiger partial charge < -0.3 is 14.5 Å². The number of hydrogen-bond acceptors (Lipinski definition) is 4. The fraction of sp³-hybridized carbons (Fsp3) is 0.485. The van der Waals surface area contributed by atoms with Crippen LogP contribution in [0.3, 0.4) is 0 Å². The molecule has 0 spiro atoms. The fourth-order valence-corrected chi connectivity index (χ4v) is 4.01. The molecule has 6 heteroatoms. The highest BCUT2D eigenvalue weighted by Crippen LogP contribution is 2.17. The van der Waals surface area contributed by atoms with Crippen LogP contribution in [0, 0.1) is 0 Å². The Morgan fingerprint density at radius 2 is 1.21 bits per heavy atom. The molecule has 1 aliphatic rings. The van der Waals surface area contributed by atoms with E-state index in [1.807, 2.05) is 4.90 Å². The number of hydrogen-bond donors (Lipinski definition) is 0. The maximum atomic E-state index is 12.5. The topological polar surface area (TPSA) is 66.9 Å². The number of esters is 1. The molecule has 0 bridgehead atoms. The summed E-state index contributed by atoms with van der Waals surface area (Å²) >= 11 is 0. The summed E-state index contributed by atoms with van der Waals surface area (Å²) in [5.41, 5.74) is 0. The van der Waals surface area contributed by atoms with Crippen molar-refractivity contribution in [2.24, 2.45) is 0 Å². The highest BCUT2D eigenvalue weighted by molar-refractivity contribution is 5.94. The summed E-state index contributed by atoms with van der Waals surface area (Å²) in [5, 5.41) is 0. The third-order valence-electron chi connectivity index (χ3n) is 6.40. The van der Waals surface area contributed by atoms with Crippen molar-refractivity contribution in [1.29, 1.82) is 0 Å². The third-order valence-corrected chi connectivity index (χ3v) is 6.40. The number of carbonyl (C=O) groups excluding carboxylic acids is 3. The first-order chi connectivity index (χ1) is 19.0. The number of rotatable bonds is 17. The molecule has 0 aromatic carbocycles. The van der Waals surface area contributed by atoms with Gasteiger partial charge in [0.1, 0.15) is 0 Å². The van der Waals surface area contributed by atoms with Crippen LogP contribution in [-0.2, 0) is 19.1 Å². The van der Waals surface area contributed by atoms with Crippen LogP contribution < -0.4 is 0 Å². The van der Waals surface area contributed by atoms with Crippen molar-refractivity contribution < 1.29 is 19.1 Å². The molecular weight excluding hydrogens is 488 g/mol. The normalized spacial score (nSPS) is 15.4. The van der Waals surface area contributed by atoms with Gasteiger partial charge in [-0.1, -0.05) is 79.8 Å². The second-order valence-corrected chi connectivity index (χ2v) is 9.37. The lowest BCUT2D eigenvalue weighted by molar-refractivity contribution is -0.136. The molecule has 1 heterocycles. The SMILES string of the molecule is CC/C=C\C/C=C\C/C=C\C/C=C\C/C=C\C/C=C\CCC(=O)N1CCC(N(C)C(=O)/C=C/C(=O)OC)CC1. The summed E-state index contributed by atoms with van der Waals surface area (Å²) in [6.07, 6.45) is 37.0. The van der Waals surface area contributed by atoms with E-state index in [4.69, 9.17) is 0 Å². The van der Waals surface area contributed by atoms with Crippen molar-refractivity contribution in [3.8, 4) is 0 Å². The average molecular weight is 537 g/mol. The first-order valence-corrected chi connectivity index (χ1v) is 14.2. The molecule has 6 nitrogen and oxygen atoms in total. The smallest absolute Gasteiger partial charge is 0.330 e. The van der Waals surface area contributed by atoms with E-state index in [0.717, 1.165) is 63.9 Å². The van der Waals surface area contributed by atoms with Crippen molar-refractivity contribution in [3.05, 3.63) is 85.1 Å². The van der Waals surface area contributed by atoms with E-state index in [-0.39, 0.29) is 17.9 Å². The predicted molar refractivity (Wildman–Crippen MR) is 161 cm³/mol. The number of nitrogens with zero attached hydrogens (tertiary/aromatic N) is 2. The molecule has 1 aliphatic heterocycles. The number of likely N-dealkylation sites (tertiary alicyclic amines) is 1. The predicted octanol–water partition coefficient (Wildman–Crippen LogP) is 6.64. The molecule has 214 valence electrons. The minimum Gasteiger partial charge on any atom is -0.466 e. The lowest BCUT2D eigenvalue weighted by Gasteiger charge is -2.36. The van der Waals surface area contributed by atoms with Crippen molar-refractivity contribution in [1.82, 2.24) is 9.80 Å². The number of carbonyl (C=O) groups is 3. The van der Waals surface area contributed by atoms with E-state index in [9.17, 15) is 14.4 Å². The zero-order chi connectivity index (χ0) is 28.6. The van der Waals surface area contributed by atoms with Crippen LogP contribution in [0.1, 0.15) is 71.1 Å². The summed E-state index contributed by atoms with van der Waals surface area (Å²) in [7, 11) is 3.00. The van der Waals surface area contributed by atoms with Gasteiger partial charge in [-0.15, -0.1) is 0 Å². The monoisotopic (exact) mass is 536 g/mol. The van der Waals surface area contributed by atoms with Crippen LogP contribution in [0.4, 0.5) is 0 Å². The molecule has 39 heavy (non-hydrogen) atoms. The van der Waals surface area contributed by atoms with Gasteiger partial charge in [0, 0.05) is 44.8 Å². The first-order valence-electron chi connectivity index (χ1n) is 14.2. The minimum absolute atomic E-state index is 0.0622. The molecule has 0 aliphatic carbocycles. The van der Waals surface area contributed by atoms with Gasteiger partial charge in [0.25, 0.3) is 0 Å². The largest absolute Gasteiger partial charge is 0.466 e. The molecule has 2 amide bonds.